The molecule has 2 aromatic carbocycles. The van der Waals surface area contributed by atoms with Gasteiger partial charge in [0.15, 0.2) is 0 Å². The maximum absolute atomic E-state index is 12.5. The van der Waals surface area contributed by atoms with Crippen LogP contribution < -0.4 is 4.74 Å². The van der Waals surface area contributed by atoms with Crippen LogP contribution in [0.3, 0.4) is 0 Å². The van der Waals surface area contributed by atoms with Crippen LogP contribution >= 0.6 is 0 Å². The molecule has 0 spiro atoms. The lowest BCUT2D eigenvalue weighted by molar-refractivity contribution is -0.138. The summed E-state index contributed by atoms with van der Waals surface area (Å²) in [6.07, 6.45) is 0.693. The maximum atomic E-state index is 12.5. The van der Waals surface area contributed by atoms with Gasteiger partial charge in [0, 0.05) is 25.2 Å². The molecule has 0 aromatic heterocycles. The Hall–Kier alpha value is -2.59. The number of methoxy groups -OCH3 is 1. The smallest absolute Gasteiger partial charge is 0.334 e. The molecule has 0 unspecified atom stereocenters. The number of carbonyl (C=O) groups excluding carboxylic acids is 1. The molecule has 0 saturated heterocycles. The highest BCUT2D eigenvalue weighted by atomic mass is 16.5. The SMILES string of the molecule is CCOC(=O)C1=C(c2cccc(OC)c2)CN(Cc2ccccc2)CC1. The van der Waals surface area contributed by atoms with Crippen molar-refractivity contribution in [3.8, 4) is 5.75 Å². The zero-order valence-corrected chi connectivity index (χ0v) is 15.4. The van der Waals surface area contributed by atoms with Crippen molar-refractivity contribution in [1.82, 2.24) is 4.90 Å². The minimum Gasteiger partial charge on any atom is -0.497 e. The third-order valence-corrected chi connectivity index (χ3v) is 4.61. The molecule has 0 radical (unpaired) electrons. The minimum atomic E-state index is -0.204. The maximum Gasteiger partial charge on any atom is 0.334 e. The number of hydrogen-bond acceptors (Lipinski definition) is 4. The molecule has 0 aliphatic carbocycles. The largest absolute Gasteiger partial charge is 0.497 e. The van der Waals surface area contributed by atoms with E-state index in [-0.39, 0.29) is 5.97 Å². The average molecular weight is 351 g/mol. The summed E-state index contributed by atoms with van der Waals surface area (Å²) in [5.41, 5.74) is 4.11. The van der Waals surface area contributed by atoms with Gasteiger partial charge in [-0.2, -0.15) is 0 Å². The second-order valence-corrected chi connectivity index (χ2v) is 6.36. The first-order valence-corrected chi connectivity index (χ1v) is 9.01. The summed E-state index contributed by atoms with van der Waals surface area (Å²) < 4.78 is 10.7. The standard InChI is InChI=1S/C22H25NO3/c1-3-26-22(24)20-12-13-23(15-17-8-5-4-6-9-17)16-21(20)18-10-7-11-19(14-18)25-2/h4-11,14H,3,12-13,15-16H2,1-2H3. The fraction of sp³-hybridized carbons (Fsp3) is 0.318. The van der Waals surface area contributed by atoms with E-state index < -0.39 is 0 Å². The van der Waals surface area contributed by atoms with Gasteiger partial charge in [0.25, 0.3) is 0 Å². The first-order chi connectivity index (χ1) is 12.7. The molecule has 1 aliphatic rings. The van der Waals surface area contributed by atoms with Crippen LogP contribution in [-0.2, 0) is 16.1 Å². The number of esters is 1. The van der Waals surface area contributed by atoms with Crippen LogP contribution in [0, 0.1) is 0 Å². The van der Waals surface area contributed by atoms with E-state index in [4.69, 9.17) is 9.47 Å². The quantitative estimate of drug-likeness (QED) is 0.740. The first kappa shape index (κ1) is 18.2. The molecule has 1 aliphatic heterocycles. The van der Waals surface area contributed by atoms with Crippen molar-refractivity contribution in [3.63, 3.8) is 0 Å². The van der Waals surface area contributed by atoms with E-state index in [1.807, 2.05) is 37.3 Å². The van der Waals surface area contributed by atoms with Crippen molar-refractivity contribution in [2.24, 2.45) is 0 Å². The number of rotatable bonds is 6. The number of nitrogens with zero attached hydrogens (tertiary/aromatic N) is 1. The second kappa shape index (κ2) is 8.68. The lowest BCUT2D eigenvalue weighted by Crippen LogP contribution is -2.33. The van der Waals surface area contributed by atoms with Crippen molar-refractivity contribution < 1.29 is 14.3 Å². The molecule has 4 nitrogen and oxygen atoms in total. The Bertz CT molecular complexity index is 783. The number of benzene rings is 2. The topological polar surface area (TPSA) is 38.8 Å². The Morgan fingerprint density at radius 1 is 1.12 bits per heavy atom. The molecular weight excluding hydrogens is 326 g/mol. The molecule has 0 N–H and O–H groups in total. The normalized spacial score (nSPS) is 15.0. The average Bonchev–Trinajstić information content (AvgIpc) is 2.69. The Kier molecular flexibility index (Phi) is 6.08. The lowest BCUT2D eigenvalue weighted by Gasteiger charge is -2.30. The Morgan fingerprint density at radius 3 is 2.65 bits per heavy atom. The van der Waals surface area contributed by atoms with Crippen molar-refractivity contribution in [2.75, 3.05) is 26.8 Å². The Balaban J connectivity index is 1.90. The molecule has 136 valence electrons. The summed E-state index contributed by atoms with van der Waals surface area (Å²) >= 11 is 0. The first-order valence-electron chi connectivity index (χ1n) is 9.01. The van der Waals surface area contributed by atoms with Gasteiger partial charge in [-0.1, -0.05) is 42.5 Å². The highest BCUT2D eigenvalue weighted by Crippen LogP contribution is 2.30. The van der Waals surface area contributed by atoms with Gasteiger partial charge < -0.3 is 9.47 Å². The van der Waals surface area contributed by atoms with Crippen LogP contribution in [0.4, 0.5) is 0 Å². The van der Waals surface area contributed by atoms with E-state index in [0.29, 0.717) is 13.0 Å². The Labute approximate surface area is 155 Å². The third kappa shape index (κ3) is 4.33. The van der Waals surface area contributed by atoms with Gasteiger partial charge in [0.05, 0.1) is 13.7 Å². The van der Waals surface area contributed by atoms with E-state index in [1.54, 1.807) is 7.11 Å². The van der Waals surface area contributed by atoms with Crippen LogP contribution in [0.15, 0.2) is 60.2 Å². The fourth-order valence-corrected chi connectivity index (χ4v) is 3.32. The van der Waals surface area contributed by atoms with Crippen molar-refractivity contribution in [3.05, 3.63) is 71.3 Å². The number of hydrogen-bond donors (Lipinski definition) is 0. The number of ether oxygens (including phenoxy) is 2. The van der Waals surface area contributed by atoms with Crippen LogP contribution in [0.25, 0.3) is 5.57 Å². The van der Waals surface area contributed by atoms with Crippen LogP contribution in [0.5, 0.6) is 5.75 Å². The van der Waals surface area contributed by atoms with Gasteiger partial charge in [-0.3, -0.25) is 4.90 Å². The second-order valence-electron chi connectivity index (χ2n) is 6.36. The molecule has 0 bridgehead atoms. The summed E-state index contributed by atoms with van der Waals surface area (Å²) in [4.78, 5) is 14.8. The molecule has 26 heavy (non-hydrogen) atoms. The van der Waals surface area contributed by atoms with Crippen molar-refractivity contribution in [1.29, 1.82) is 0 Å². The van der Waals surface area contributed by atoms with Crippen LogP contribution in [0.1, 0.15) is 24.5 Å². The third-order valence-electron chi connectivity index (χ3n) is 4.61. The Morgan fingerprint density at radius 2 is 1.92 bits per heavy atom. The summed E-state index contributed by atoms with van der Waals surface area (Å²) in [6.45, 7) is 4.66. The van der Waals surface area contributed by atoms with Gasteiger partial charge >= 0.3 is 5.97 Å². The zero-order chi connectivity index (χ0) is 18.4. The molecule has 0 atom stereocenters. The molecule has 4 heteroatoms. The van der Waals surface area contributed by atoms with E-state index in [9.17, 15) is 4.79 Å². The molecule has 3 rings (SSSR count). The summed E-state index contributed by atoms with van der Waals surface area (Å²) in [7, 11) is 1.66. The fourth-order valence-electron chi connectivity index (χ4n) is 3.32. The van der Waals surface area contributed by atoms with E-state index in [2.05, 4.69) is 29.2 Å². The van der Waals surface area contributed by atoms with Crippen LogP contribution in [-0.4, -0.2) is 37.7 Å². The molecule has 0 fully saturated rings. The van der Waals surface area contributed by atoms with Crippen molar-refractivity contribution in [2.45, 2.75) is 19.9 Å². The van der Waals surface area contributed by atoms with Crippen molar-refractivity contribution >= 4 is 11.5 Å². The minimum absolute atomic E-state index is 0.204. The zero-order valence-electron chi connectivity index (χ0n) is 15.4. The van der Waals surface area contributed by atoms with E-state index in [0.717, 1.165) is 42.1 Å². The van der Waals surface area contributed by atoms with Crippen LogP contribution in [0.2, 0.25) is 0 Å². The van der Waals surface area contributed by atoms with Gasteiger partial charge in [-0.15, -0.1) is 0 Å². The van der Waals surface area contributed by atoms with E-state index >= 15 is 0 Å². The highest BCUT2D eigenvalue weighted by molar-refractivity contribution is 5.98. The van der Waals surface area contributed by atoms with Gasteiger partial charge in [0.2, 0.25) is 0 Å². The predicted molar refractivity (Wildman–Crippen MR) is 103 cm³/mol. The monoisotopic (exact) mass is 351 g/mol. The summed E-state index contributed by atoms with van der Waals surface area (Å²) in [5, 5.41) is 0. The molecule has 2 aromatic rings. The lowest BCUT2D eigenvalue weighted by atomic mass is 9.93. The predicted octanol–water partition coefficient (Wildman–Crippen LogP) is 3.92. The summed E-state index contributed by atoms with van der Waals surface area (Å²) in [6, 6.07) is 18.3. The number of carbonyl (C=O) groups is 1. The highest BCUT2D eigenvalue weighted by Gasteiger charge is 2.25. The summed E-state index contributed by atoms with van der Waals surface area (Å²) in [5.74, 6) is 0.586. The molecule has 0 amide bonds. The van der Waals surface area contributed by atoms with E-state index in [1.165, 1.54) is 5.56 Å². The molecule has 1 heterocycles. The van der Waals surface area contributed by atoms with Gasteiger partial charge in [-0.05, 0) is 42.2 Å². The molecular formula is C22H25NO3. The van der Waals surface area contributed by atoms with Gasteiger partial charge in [0.1, 0.15) is 5.75 Å². The van der Waals surface area contributed by atoms with Gasteiger partial charge in [-0.25, -0.2) is 4.79 Å². The molecule has 0 saturated carbocycles.